The number of rotatable bonds is 5. The van der Waals surface area contributed by atoms with Gasteiger partial charge in [-0.25, -0.2) is 0 Å². The lowest BCUT2D eigenvalue weighted by atomic mass is 10.1. The van der Waals surface area contributed by atoms with Gasteiger partial charge in [0.15, 0.2) is 5.78 Å². The Kier molecular flexibility index (Phi) is 4.51. The molecule has 2 rings (SSSR count). The van der Waals surface area contributed by atoms with Crippen LogP contribution in [0.15, 0.2) is 42.6 Å². The Morgan fingerprint density at radius 2 is 1.70 bits per heavy atom. The van der Waals surface area contributed by atoms with Crippen LogP contribution in [0.25, 0.3) is 0 Å². The van der Waals surface area contributed by atoms with Crippen LogP contribution in [0.4, 0.5) is 11.4 Å². The van der Waals surface area contributed by atoms with Gasteiger partial charge in [-0.05, 0) is 36.2 Å². The minimum Gasteiger partial charge on any atom is -0.343 e. The van der Waals surface area contributed by atoms with Crippen molar-refractivity contribution in [3.8, 4) is 0 Å². The largest absolute Gasteiger partial charge is 0.343 e. The summed E-state index contributed by atoms with van der Waals surface area (Å²) in [7, 11) is 2.00. The van der Waals surface area contributed by atoms with Gasteiger partial charge < -0.3 is 4.90 Å². The number of aryl methyl sites for hydroxylation is 1. The number of hydrogen-bond acceptors (Lipinski definition) is 3. The molecule has 104 valence electrons. The molecule has 0 bridgehead atoms. The number of ketones is 1. The standard InChI is InChI=1S/C17H20N2O/c1-4-13-6-8-14(9-7-13)19(3)15-10-11-16(18-12-15)17(20)5-2/h6-12H,4-5H2,1-3H3. The molecule has 2 aromatic rings. The number of carbonyl (C=O) groups is 1. The number of Topliss-reactive ketones (excluding diaryl/α,β-unsaturated/α-hetero) is 1. The first-order valence-electron chi connectivity index (χ1n) is 6.97. The fourth-order valence-corrected chi connectivity index (χ4v) is 2.03. The maximum atomic E-state index is 11.6. The van der Waals surface area contributed by atoms with Crippen molar-refractivity contribution in [2.75, 3.05) is 11.9 Å². The van der Waals surface area contributed by atoms with E-state index < -0.39 is 0 Å². The number of anilines is 2. The fourth-order valence-electron chi connectivity index (χ4n) is 2.03. The molecular formula is C17H20N2O. The zero-order chi connectivity index (χ0) is 14.5. The van der Waals surface area contributed by atoms with Crippen molar-refractivity contribution < 1.29 is 4.79 Å². The van der Waals surface area contributed by atoms with Crippen LogP contribution in [0.2, 0.25) is 0 Å². The van der Waals surface area contributed by atoms with Crippen LogP contribution >= 0.6 is 0 Å². The Labute approximate surface area is 120 Å². The quantitative estimate of drug-likeness (QED) is 0.768. The second-order valence-electron chi connectivity index (χ2n) is 4.76. The van der Waals surface area contributed by atoms with Crippen molar-refractivity contribution in [3.63, 3.8) is 0 Å². The summed E-state index contributed by atoms with van der Waals surface area (Å²) in [5.41, 5.74) is 3.94. The summed E-state index contributed by atoms with van der Waals surface area (Å²) in [5.74, 6) is 0.0755. The van der Waals surface area contributed by atoms with E-state index in [2.05, 4.69) is 41.1 Å². The summed E-state index contributed by atoms with van der Waals surface area (Å²) in [6.45, 7) is 3.99. The summed E-state index contributed by atoms with van der Waals surface area (Å²) in [6.07, 6.45) is 3.27. The maximum absolute atomic E-state index is 11.6. The molecule has 0 aliphatic rings. The zero-order valence-corrected chi connectivity index (χ0v) is 12.3. The molecular weight excluding hydrogens is 248 g/mol. The zero-order valence-electron chi connectivity index (χ0n) is 12.3. The smallest absolute Gasteiger partial charge is 0.180 e. The SMILES string of the molecule is CCC(=O)c1ccc(N(C)c2ccc(CC)cc2)cn1. The van der Waals surface area contributed by atoms with Gasteiger partial charge in [-0.2, -0.15) is 0 Å². The van der Waals surface area contributed by atoms with Crippen LogP contribution in [-0.2, 0) is 6.42 Å². The van der Waals surface area contributed by atoms with Gasteiger partial charge in [0.1, 0.15) is 5.69 Å². The highest BCUT2D eigenvalue weighted by Gasteiger charge is 2.07. The Bertz CT molecular complexity index is 573. The number of benzene rings is 1. The fraction of sp³-hybridized carbons (Fsp3) is 0.294. The predicted molar refractivity (Wildman–Crippen MR) is 82.7 cm³/mol. The molecule has 0 saturated heterocycles. The number of aromatic nitrogens is 1. The third kappa shape index (κ3) is 3.05. The lowest BCUT2D eigenvalue weighted by Crippen LogP contribution is -2.10. The molecule has 0 unspecified atom stereocenters. The third-order valence-corrected chi connectivity index (χ3v) is 3.47. The second kappa shape index (κ2) is 6.33. The number of hydrogen-bond donors (Lipinski definition) is 0. The topological polar surface area (TPSA) is 33.2 Å². The highest BCUT2D eigenvalue weighted by molar-refractivity contribution is 5.94. The highest BCUT2D eigenvalue weighted by Crippen LogP contribution is 2.23. The molecule has 0 spiro atoms. The molecule has 1 aromatic carbocycles. The lowest BCUT2D eigenvalue weighted by molar-refractivity contribution is 0.0983. The van der Waals surface area contributed by atoms with Crippen LogP contribution in [0.1, 0.15) is 36.3 Å². The number of carbonyl (C=O) groups excluding carboxylic acids is 1. The molecule has 20 heavy (non-hydrogen) atoms. The van der Waals surface area contributed by atoms with Crippen LogP contribution in [-0.4, -0.2) is 17.8 Å². The Hall–Kier alpha value is -2.16. The Morgan fingerprint density at radius 1 is 1.05 bits per heavy atom. The molecule has 0 aliphatic heterocycles. The Balaban J connectivity index is 2.19. The number of nitrogens with zero attached hydrogens (tertiary/aromatic N) is 2. The van der Waals surface area contributed by atoms with Gasteiger partial charge in [0.2, 0.25) is 0 Å². The van der Waals surface area contributed by atoms with Gasteiger partial charge >= 0.3 is 0 Å². The van der Waals surface area contributed by atoms with Gasteiger partial charge in [0, 0.05) is 19.2 Å². The van der Waals surface area contributed by atoms with Crippen LogP contribution in [0.5, 0.6) is 0 Å². The minimum atomic E-state index is 0.0755. The molecule has 0 radical (unpaired) electrons. The molecule has 0 atom stereocenters. The van der Waals surface area contributed by atoms with E-state index in [9.17, 15) is 4.79 Å². The molecule has 0 saturated carbocycles. The van der Waals surface area contributed by atoms with Crippen molar-refractivity contribution in [3.05, 3.63) is 53.9 Å². The first-order valence-corrected chi connectivity index (χ1v) is 6.97. The number of pyridine rings is 1. The van der Waals surface area contributed by atoms with Crippen molar-refractivity contribution in [2.24, 2.45) is 0 Å². The molecule has 0 aliphatic carbocycles. The summed E-state index contributed by atoms with van der Waals surface area (Å²) in [5, 5.41) is 0. The van der Waals surface area contributed by atoms with Crippen LogP contribution in [0.3, 0.4) is 0 Å². The summed E-state index contributed by atoms with van der Waals surface area (Å²) >= 11 is 0. The van der Waals surface area contributed by atoms with E-state index in [1.165, 1.54) is 5.56 Å². The average molecular weight is 268 g/mol. The van der Waals surface area contributed by atoms with Gasteiger partial charge in [-0.15, -0.1) is 0 Å². The van der Waals surface area contributed by atoms with Crippen LogP contribution < -0.4 is 4.90 Å². The van der Waals surface area contributed by atoms with Crippen molar-refractivity contribution >= 4 is 17.2 Å². The molecule has 1 aromatic heterocycles. The normalized spacial score (nSPS) is 10.3. The van der Waals surface area contributed by atoms with Gasteiger partial charge in [0.25, 0.3) is 0 Å². The average Bonchev–Trinajstić information content (AvgIpc) is 2.53. The van der Waals surface area contributed by atoms with E-state index in [-0.39, 0.29) is 5.78 Å². The molecule has 0 fully saturated rings. The summed E-state index contributed by atoms with van der Waals surface area (Å²) in [6, 6.07) is 12.2. The van der Waals surface area contributed by atoms with Crippen LogP contribution in [0, 0.1) is 0 Å². The minimum absolute atomic E-state index is 0.0755. The van der Waals surface area contributed by atoms with Crippen molar-refractivity contribution in [2.45, 2.75) is 26.7 Å². The molecule has 0 N–H and O–H groups in total. The van der Waals surface area contributed by atoms with Crippen molar-refractivity contribution in [1.82, 2.24) is 4.98 Å². The third-order valence-electron chi connectivity index (χ3n) is 3.47. The first-order chi connectivity index (χ1) is 9.65. The predicted octanol–water partition coefficient (Wildman–Crippen LogP) is 4.00. The van der Waals surface area contributed by atoms with Gasteiger partial charge in [-0.3, -0.25) is 9.78 Å². The Morgan fingerprint density at radius 3 is 2.20 bits per heavy atom. The van der Waals surface area contributed by atoms with E-state index >= 15 is 0 Å². The first kappa shape index (κ1) is 14.3. The lowest BCUT2D eigenvalue weighted by Gasteiger charge is -2.19. The summed E-state index contributed by atoms with van der Waals surface area (Å²) < 4.78 is 0. The van der Waals surface area contributed by atoms with E-state index in [0.717, 1.165) is 17.8 Å². The molecule has 3 nitrogen and oxygen atoms in total. The monoisotopic (exact) mass is 268 g/mol. The highest BCUT2D eigenvalue weighted by atomic mass is 16.1. The summed E-state index contributed by atoms with van der Waals surface area (Å²) in [4.78, 5) is 17.9. The van der Waals surface area contributed by atoms with E-state index in [0.29, 0.717) is 12.1 Å². The van der Waals surface area contributed by atoms with E-state index in [1.807, 2.05) is 20.0 Å². The van der Waals surface area contributed by atoms with Gasteiger partial charge in [0.05, 0.1) is 11.9 Å². The second-order valence-corrected chi connectivity index (χ2v) is 4.76. The van der Waals surface area contributed by atoms with E-state index in [4.69, 9.17) is 0 Å². The van der Waals surface area contributed by atoms with Gasteiger partial charge in [-0.1, -0.05) is 26.0 Å². The molecule has 0 amide bonds. The maximum Gasteiger partial charge on any atom is 0.180 e. The molecule has 3 heteroatoms. The van der Waals surface area contributed by atoms with E-state index in [1.54, 1.807) is 12.3 Å². The molecule has 1 heterocycles. The van der Waals surface area contributed by atoms with Crippen molar-refractivity contribution in [1.29, 1.82) is 0 Å².